The molecular weight excluding hydrogens is 204 g/mol. The first-order chi connectivity index (χ1) is 7.13. The predicted molar refractivity (Wildman–Crippen MR) is 49.6 cm³/mol. The Hall–Kier alpha value is -1.91. The maximum absolute atomic E-state index is 13.4. The number of rotatable bonds is 1. The van der Waals surface area contributed by atoms with E-state index in [1.165, 1.54) is 13.3 Å². The number of methoxy groups -OCH3 is 1. The number of esters is 1. The topological polar surface area (TPSA) is 42.1 Å². The van der Waals surface area contributed by atoms with Crippen LogP contribution in [-0.2, 0) is 4.74 Å². The lowest BCUT2D eigenvalue weighted by Gasteiger charge is -1.98. The molecule has 3 nitrogen and oxygen atoms in total. The van der Waals surface area contributed by atoms with Crippen LogP contribution in [-0.4, -0.2) is 18.1 Å². The molecule has 0 bridgehead atoms. The van der Waals surface area contributed by atoms with Crippen molar-refractivity contribution < 1.29 is 18.3 Å². The van der Waals surface area contributed by atoms with E-state index in [1.54, 1.807) is 0 Å². The number of fused-ring (bicyclic) bond motifs is 1. The number of H-pyrrole nitrogens is 1. The summed E-state index contributed by atoms with van der Waals surface area (Å²) in [5.74, 6) is -2.14. The molecule has 1 N–H and O–H groups in total. The summed E-state index contributed by atoms with van der Waals surface area (Å²) in [7, 11) is 1.20. The fourth-order valence-electron chi connectivity index (χ4n) is 1.45. The standard InChI is InChI=1S/C10H7F2NO2/c1-15-10(14)6-4-13-8-3-5(11)2-7(12)9(6)8/h2-4,13H,1H3. The van der Waals surface area contributed by atoms with Gasteiger partial charge in [0.1, 0.15) is 11.6 Å². The number of benzene rings is 1. The number of hydrogen-bond donors (Lipinski definition) is 1. The minimum atomic E-state index is -0.786. The minimum Gasteiger partial charge on any atom is -0.465 e. The highest BCUT2D eigenvalue weighted by Crippen LogP contribution is 2.23. The third kappa shape index (κ3) is 1.45. The fourth-order valence-corrected chi connectivity index (χ4v) is 1.45. The molecule has 0 aliphatic rings. The number of ether oxygens (including phenoxy) is 1. The zero-order valence-corrected chi connectivity index (χ0v) is 7.80. The molecule has 5 heteroatoms. The van der Waals surface area contributed by atoms with E-state index in [2.05, 4.69) is 9.72 Å². The summed E-state index contributed by atoms with van der Waals surface area (Å²) in [6.45, 7) is 0. The van der Waals surface area contributed by atoms with Crippen LogP contribution < -0.4 is 0 Å². The van der Waals surface area contributed by atoms with Crippen molar-refractivity contribution in [2.45, 2.75) is 0 Å². The van der Waals surface area contributed by atoms with Crippen molar-refractivity contribution in [3.05, 3.63) is 35.5 Å². The smallest absolute Gasteiger partial charge is 0.340 e. The summed E-state index contributed by atoms with van der Waals surface area (Å²) in [6, 6.07) is 1.84. The van der Waals surface area contributed by atoms with Gasteiger partial charge in [0.25, 0.3) is 0 Å². The second kappa shape index (κ2) is 3.34. The summed E-state index contributed by atoms with van der Waals surface area (Å²) in [4.78, 5) is 13.8. The Labute approximate surface area is 83.7 Å². The van der Waals surface area contributed by atoms with E-state index < -0.39 is 17.6 Å². The van der Waals surface area contributed by atoms with Crippen molar-refractivity contribution in [3.63, 3.8) is 0 Å². The maximum atomic E-state index is 13.4. The number of hydrogen-bond acceptors (Lipinski definition) is 2. The van der Waals surface area contributed by atoms with Gasteiger partial charge in [0, 0.05) is 17.6 Å². The van der Waals surface area contributed by atoms with Crippen molar-refractivity contribution in [3.8, 4) is 0 Å². The Morgan fingerprint density at radius 1 is 1.40 bits per heavy atom. The zero-order valence-electron chi connectivity index (χ0n) is 7.80. The van der Waals surface area contributed by atoms with Gasteiger partial charge in [-0.1, -0.05) is 0 Å². The van der Waals surface area contributed by atoms with Crippen LogP contribution in [0, 0.1) is 11.6 Å². The number of aromatic nitrogens is 1. The van der Waals surface area contributed by atoms with Crippen LogP contribution in [0.3, 0.4) is 0 Å². The number of nitrogens with one attached hydrogen (secondary N) is 1. The van der Waals surface area contributed by atoms with Crippen LogP contribution in [0.25, 0.3) is 10.9 Å². The Balaban J connectivity index is 2.74. The van der Waals surface area contributed by atoms with Gasteiger partial charge >= 0.3 is 5.97 Å². The van der Waals surface area contributed by atoms with E-state index in [-0.39, 0.29) is 16.5 Å². The number of aromatic amines is 1. The lowest BCUT2D eigenvalue weighted by atomic mass is 10.1. The molecule has 0 unspecified atom stereocenters. The lowest BCUT2D eigenvalue weighted by Crippen LogP contribution is -2.00. The predicted octanol–water partition coefficient (Wildman–Crippen LogP) is 2.23. The summed E-state index contributed by atoms with van der Waals surface area (Å²) in [5, 5.41) is 0.0447. The van der Waals surface area contributed by atoms with E-state index in [1.807, 2.05) is 0 Å². The molecule has 0 aliphatic heterocycles. The Morgan fingerprint density at radius 3 is 2.80 bits per heavy atom. The van der Waals surface area contributed by atoms with Gasteiger partial charge < -0.3 is 9.72 Å². The average molecular weight is 211 g/mol. The highest BCUT2D eigenvalue weighted by Gasteiger charge is 2.16. The molecule has 1 heterocycles. The summed E-state index contributed by atoms with van der Waals surface area (Å²) < 4.78 is 30.7. The Bertz CT molecular complexity index is 533. The van der Waals surface area contributed by atoms with E-state index in [0.29, 0.717) is 0 Å². The summed E-state index contributed by atoms with van der Waals surface area (Å²) in [5.41, 5.74) is 0.290. The van der Waals surface area contributed by atoms with Crippen molar-refractivity contribution in [1.82, 2.24) is 4.98 Å². The highest BCUT2D eigenvalue weighted by molar-refractivity contribution is 6.04. The van der Waals surface area contributed by atoms with Crippen LogP contribution >= 0.6 is 0 Å². The second-order valence-corrected chi connectivity index (χ2v) is 3.00. The maximum Gasteiger partial charge on any atom is 0.340 e. The molecule has 0 amide bonds. The molecule has 1 aromatic heterocycles. The van der Waals surface area contributed by atoms with Gasteiger partial charge in [-0.3, -0.25) is 0 Å². The van der Waals surface area contributed by atoms with Gasteiger partial charge in [-0.2, -0.15) is 0 Å². The number of halogens is 2. The molecule has 0 saturated heterocycles. The van der Waals surface area contributed by atoms with Crippen LogP contribution in [0.1, 0.15) is 10.4 Å². The molecule has 0 fully saturated rings. The van der Waals surface area contributed by atoms with Gasteiger partial charge in [-0.15, -0.1) is 0 Å². The number of carbonyl (C=O) groups excluding carboxylic acids is 1. The van der Waals surface area contributed by atoms with E-state index in [9.17, 15) is 13.6 Å². The third-order valence-electron chi connectivity index (χ3n) is 2.10. The molecule has 2 aromatic rings. The van der Waals surface area contributed by atoms with Gasteiger partial charge in [-0.05, 0) is 6.07 Å². The van der Waals surface area contributed by atoms with Crippen LogP contribution in [0.2, 0.25) is 0 Å². The van der Waals surface area contributed by atoms with E-state index >= 15 is 0 Å². The molecule has 2 rings (SSSR count). The van der Waals surface area contributed by atoms with Crippen molar-refractivity contribution in [2.75, 3.05) is 7.11 Å². The van der Waals surface area contributed by atoms with E-state index in [0.717, 1.165) is 12.1 Å². The highest BCUT2D eigenvalue weighted by atomic mass is 19.1. The average Bonchev–Trinajstić information content (AvgIpc) is 2.60. The van der Waals surface area contributed by atoms with Gasteiger partial charge in [0.2, 0.25) is 0 Å². The van der Waals surface area contributed by atoms with E-state index in [4.69, 9.17) is 0 Å². The Morgan fingerprint density at radius 2 is 2.13 bits per heavy atom. The summed E-state index contributed by atoms with van der Waals surface area (Å²) >= 11 is 0. The first kappa shape index (κ1) is 9.64. The SMILES string of the molecule is COC(=O)c1c[nH]c2cc(F)cc(F)c12. The van der Waals surface area contributed by atoms with Gasteiger partial charge in [0.05, 0.1) is 18.2 Å². The molecule has 1 aromatic carbocycles. The first-order valence-corrected chi connectivity index (χ1v) is 4.18. The minimum absolute atomic E-state index is 0.0447. The van der Waals surface area contributed by atoms with Crippen LogP contribution in [0.15, 0.2) is 18.3 Å². The molecular formula is C10H7F2NO2. The first-order valence-electron chi connectivity index (χ1n) is 4.18. The monoisotopic (exact) mass is 211 g/mol. The van der Waals surface area contributed by atoms with Crippen LogP contribution in [0.5, 0.6) is 0 Å². The quantitative estimate of drug-likeness (QED) is 0.735. The molecule has 0 aliphatic carbocycles. The number of carbonyl (C=O) groups is 1. The largest absolute Gasteiger partial charge is 0.465 e. The second-order valence-electron chi connectivity index (χ2n) is 3.00. The molecule has 78 valence electrons. The molecule has 15 heavy (non-hydrogen) atoms. The molecule has 0 atom stereocenters. The van der Waals surface area contributed by atoms with Crippen molar-refractivity contribution in [1.29, 1.82) is 0 Å². The zero-order chi connectivity index (χ0) is 11.0. The van der Waals surface area contributed by atoms with Gasteiger partial charge in [-0.25, -0.2) is 13.6 Å². The fraction of sp³-hybridized carbons (Fsp3) is 0.100. The Kier molecular flexibility index (Phi) is 2.15. The molecule has 0 radical (unpaired) electrons. The van der Waals surface area contributed by atoms with Crippen molar-refractivity contribution in [2.24, 2.45) is 0 Å². The molecule has 0 spiro atoms. The molecule has 0 saturated carbocycles. The normalized spacial score (nSPS) is 10.6. The van der Waals surface area contributed by atoms with Crippen LogP contribution in [0.4, 0.5) is 8.78 Å². The lowest BCUT2D eigenvalue weighted by molar-refractivity contribution is 0.0602. The van der Waals surface area contributed by atoms with Crippen molar-refractivity contribution >= 4 is 16.9 Å². The third-order valence-corrected chi connectivity index (χ3v) is 2.10. The summed E-state index contributed by atoms with van der Waals surface area (Å²) in [6.07, 6.45) is 1.29. The van der Waals surface area contributed by atoms with Gasteiger partial charge in [0.15, 0.2) is 0 Å².